The molecule has 1 saturated heterocycles. The number of hydrogen-bond acceptors (Lipinski definition) is 5. The van der Waals surface area contributed by atoms with Crippen LogP contribution in [0, 0.1) is 24.2 Å². The van der Waals surface area contributed by atoms with E-state index in [2.05, 4.69) is 20.7 Å². The number of carbonyl (C=O) groups excluding carboxylic acids is 1. The zero-order chi connectivity index (χ0) is 17.8. The Labute approximate surface area is 156 Å². The molecule has 7 heteroatoms. The standard InChI is InChI=1S/C18H19ClN4OS/c1-12-2-4-13(5-3-12)11-21-17(24)14-6-8-23(9-7-14)18-15(10-20)16(19)22-25-18/h2-5,14H,6-9,11H2,1H3,(H,21,24). The van der Waals surface area contributed by atoms with Gasteiger partial charge in [0.2, 0.25) is 5.91 Å². The van der Waals surface area contributed by atoms with Crippen LogP contribution in [-0.2, 0) is 11.3 Å². The first-order valence-electron chi connectivity index (χ1n) is 8.22. The van der Waals surface area contributed by atoms with Crippen molar-refractivity contribution in [1.82, 2.24) is 9.69 Å². The van der Waals surface area contributed by atoms with Crippen LogP contribution in [0.3, 0.4) is 0 Å². The van der Waals surface area contributed by atoms with Crippen molar-refractivity contribution in [3.05, 3.63) is 46.1 Å². The van der Waals surface area contributed by atoms with Crippen LogP contribution in [0.15, 0.2) is 24.3 Å². The number of nitriles is 1. The fourth-order valence-corrected chi connectivity index (χ4v) is 4.04. The van der Waals surface area contributed by atoms with Crippen LogP contribution in [0.5, 0.6) is 0 Å². The molecule has 3 rings (SSSR count). The SMILES string of the molecule is Cc1ccc(CNC(=O)C2CCN(c3snc(Cl)c3C#N)CC2)cc1. The number of halogens is 1. The Morgan fingerprint density at radius 3 is 2.72 bits per heavy atom. The first-order valence-corrected chi connectivity index (χ1v) is 9.37. The Hall–Kier alpha value is -2.10. The lowest BCUT2D eigenvalue weighted by Gasteiger charge is -2.31. The molecule has 0 saturated carbocycles. The highest BCUT2D eigenvalue weighted by atomic mass is 35.5. The van der Waals surface area contributed by atoms with Gasteiger partial charge in [-0.05, 0) is 36.9 Å². The summed E-state index contributed by atoms with van der Waals surface area (Å²) in [7, 11) is 0. The Kier molecular flexibility index (Phi) is 5.57. The zero-order valence-corrected chi connectivity index (χ0v) is 15.5. The minimum atomic E-state index is 0.00984. The molecule has 25 heavy (non-hydrogen) atoms. The van der Waals surface area contributed by atoms with Crippen molar-refractivity contribution in [1.29, 1.82) is 5.26 Å². The fourth-order valence-electron chi connectivity index (χ4n) is 2.96. The van der Waals surface area contributed by atoms with Crippen molar-refractivity contribution in [2.75, 3.05) is 18.0 Å². The average Bonchev–Trinajstić information content (AvgIpc) is 3.01. The van der Waals surface area contributed by atoms with Crippen molar-refractivity contribution < 1.29 is 4.79 Å². The van der Waals surface area contributed by atoms with Crippen LogP contribution < -0.4 is 10.2 Å². The highest BCUT2D eigenvalue weighted by molar-refractivity contribution is 7.10. The summed E-state index contributed by atoms with van der Waals surface area (Å²) >= 11 is 7.19. The first-order chi connectivity index (χ1) is 12.1. The second-order valence-corrected chi connectivity index (χ2v) is 7.34. The van der Waals surface area contributed by atoms with Gasteiger partial charge in [0.05, 0.1) is 0 Å². The average molecular weight is 375 g/mol. The predicted molar refractivity (Wildman–Crippen MR) is 99.8 cm³/mol. The van der Waals surface area contributed by atoms with Crippen LogP contribution in [0.1, 0.15) is 29.5 Å². The number of nitrogens with zero attached hydrogens (tertiary/aromatic N) is 3. The molecule has 0 spiro atoms. The van der Waals surface area contributed by atoms with Gasteiger partial charge in [0, 0.05) is 25.6 Å². The molecule has 0 bridgehead atoms. The second kappa shape index (κ2) is 7.85. The maximum Gasteiger partial charge on any atom is 0.223 e. The molecule has 2 aromatic rings. The summed E-state index contributed by atoms with van der Waals surface area (Å²) in [5, 5.41) is 13.3. The number of aryl methyl sites for hydroxylation is 1. The largest absolute Gasteiger partial charge is 0.361 e. The third kappa shape index (κ3) is 4.12. The molecule has 1 amide bonds. The minimum Gasteiger partial charge on any atom is -0.361 e. The van der Waals surface area contributed by atoms with Gasteiger partial charge < -0.3 is 10.2 Å². The van der Waals surface area contributed by atoms with E-state index in [0.717, 1.165) is 36.5 Å². The lowest BCUT2D eigenvalue weighted by molar-refractivity contribution is -0.125. The quantitative estimate of drug-likeness (QED) is 0.889. The maximum atomic E-state index is 12.4. The van der Waals surface area contributed by atoms with Crippen molar-refractivity contribution in [3.63, 3.8) is 0 Å². The van der Waals surface area contributed by atoms with Crippen molar-refractivity contribution in [3.8, 4) is 6.07 Å². The molecule has 0 unspecified atom stereocenters. The molecule has 0 radical (unpaired) electrons. The van der Waals surface area contributed by atoms with Crippen LogP contribution in [0.25, 0.3) is 0 Å². The summed E-state index contributed by atoms with van der Waals surface area (Å²) in [5.74, 6) is 0.110. The summed E-state index contributed by atoms with van der Waals surface area (Å²) in [5.41, 5.74) is 2.76. The summed E-state index contributed by atoms with van der Waals surface area (Å²) in [6.45, 7) is 4.07. The number of carbonyl (C=O) groups is 1. The number of benzene rings is 1. The van der Waals surface area contributed by atoms with Crippen LogP contribution in [0.2, 0.25) is 5.15 Å². The molecule has 1 aromatic heterocycles. The normalized spacial score (nSPS) is 15.0. The van der Waals surface area contributed by atoms with E-state index < -0.39 is 0 Å². The molecule has 130 valence electrons. The van der Waals surface area contributed by atoms with Gasteiger partial charge in [-0.2, -0.15) is 9.64 Å². The van der Waals surface area contributed by atoms with E-state index in [-0.39, 0.29) is 17.0 Å². The van der Waals surface area contributed by atoms with Crippen LogP contribution >= 0.6 is 23.1 Å². The molecule has 0 aliphatic carbocycles. The molecule has 0 atom stereocenters. The highest BCUT2D eigenvalue weighted by Crippen LogP contribution is 2.33. The third-order valence-electron chi connectivity index (χ3n) is 4.48. The number of piperidine rings is 1. The lowest BCUT2D eigenvalue weighted by atomic mass is 9.96. The van der Waals surface area contributed by atoms with E-state index in [4.69, 9.17) is 11.6 Å². The number of hydrogen-bond donors (Lipinski definition) is 1. The number of nitrogens with one attached hydrogen (secondary N) is 1. The number of rotatable bonds is 4. The van der Waals surface area contributed by atoms with Crippen molar-refractivity contribution >= 4 is 34.0 Å². The van der Waals surface area contributed by atoms with E-state index in [1.54, 1.807) is 0 Å². The van der Waals surface area contributed by atoms with Crippen LogP contribution in [0.4, 0.5) is 5.00 Å². The summed E-state index contributed by atoms with van der Waals surface area (Å²) < 4.78 is 4.05. The number of aromatic nitrogens is 1. The Morgan fingerprint density at radius 2 is 2.08 bits per heavy atom. The molecule has 1 aromatic carbocycles. The van der Waals surface area contributed by atoms with Gasteiger partial charge in [-0.15, -0.1) is 0 Å². The second-order valence-electron chi connectivity index (χ2n) is 6.23. The van der Waals surface area contributed by atoms with E-state index in [1.165, 1.54) is 17.1 Å². The molecule has 1 fully saturated rings. The zero-order valence-electron chi connectivity index (χ0n) is 14.0. The van der Waals surface area contributed by atoms with Gasteiger partial charge >= 0.3 is 0 Å². The van der Waals surface area contributed by atoms with E-state index in [9.17, 15) is 10.1 Å². The monoisotopic (exact) mass is 374 g/mol. The Morgan fingerprint density at radius 1 is 1.40 bits per heavy atom. The molecule has 1 aliphatic heterocycles. The number of anilines is 1. The van der Waals surface area contributed by atoms with E-state index in [0.29, 0.717) is 12.1 Å². The highest BCUT2D eigenvalue weighted by Gasteiger charge is 2.27. The maximum absolute atomic E-state index is 12.4. The molecular formula is C18H19ClN4OS. The number of amides is 1. The Balaban J connectivity index is 1.52. The summed E-state index contributed by atoms with van der Waals surface area (Å²) in [6.07, 6.45) is 1.53. The van der Waals surface area contributed by atoms with E-state index >= 15 is 0 Å². The fraction of sp³-hybridized carbons (Fsp3) is 0.389. The summed E-state index contributed by atoms with van der Waals surface area (Å²) in [4.78, 5) is 14.5. The van der Waals surface area contributed by atoms with Crippen LogP contribution in [-0.4, -0.2) is 23.4 Å². The molecule has 5 nitrogen and oxygen atoms in total. The van der Waals surface area contributed by atoms with Gasteiger partial charge in [-0.25, -0.2) is 0 Å². The molecule has 1 N–H and O–H groups in total. The van der Waals surface area contributed by atoms with Gasteiger partial charge in [-0.1, -0.05) is 41.4 Å². The molecular weight excluding hydrogens is 356 g/mol. The molecule has 1 aliphatic rings. The minimum absolute atomic E-state index is 0.00984. The van der Waals surface area contributed by atoms with Gasteiger partial charge in [-0.3, -0.25) is 4.79 Å². The van der Waals surface area contributed by atoms with Gasteiger partial charge in [0.1, 0.15) is 16.6 Å². The lowest BCUT2D eigenvalue weighted by Crippen LogP contribution is -2.40. The predicted octanol–water partition coefficient (Wildman–Crippen LogP) is 3.51. The van der Waals surface area contributed by atoms with Gasteiger partial charge in [0.15, 0.2) is 5.15 Å². The molecule has 2 heterocycles. The first kappa shape index (κ1) is 17.7. The smallest absolute Gasteiger partial charge is 0.223 e. The van der Waals surface area contributed by atoms with Crippen molar-refractivity contribution in [2.45, 2.75) is 26.3 Å². The van der Waals surface area contributed by atoms with Gasteiger partial charge in [0.25, 0.3) is 0 Å². The summed E-state index contributed by atoms with van der Waals surface area (Å²) in [6, 6.07) is 10.3. The Bertz CT molecular complexity index is 788. The van der Waals surface area contributed by atoms with E-state index in [1.807, 2.05) is 31.2 Å². The third-order valence-corrected chi connectivity index (χ3v) is 5.77. The topological polar surface area (TPSA) is 69.0 Å². The van der Waals surface area contributed by atoms with Crippen molar-refractivity contribution in [2.24, 2.45) is 5.92 Å².